The zero-order valence-electron chi connectivity index (χ0n) is 11.1. The molecular formula is C14H20N2O2. The van der Waals surface area contributed by atoms with E-state index in [2.05, 4.69) is 10.6 Å². The average Bonchev–Trinajstić information content (AvgIpc) is 2.43. The van der Waals surface area contributed by atoms with Gasteiger partial charge in [-0.25, -0.2) is 0 Å². The van der Waals surface area contributed by atoms with Crippen LogP contribution in [0.25, 0.3) is 0 Å². The summed E-state index contributed by atoms with van der Waals surface area (Å²) in [5, 5.41) is 5.37. The van der Waals surface area contributed by atoms with Gasteiger partial charge < -0.3 is 10.6 Å². The number of benzene rings is 1. The highest BCUT2D eigenvalue weighted by atomic mass is 16.2. The van der Waals surface area contributed by atoms with Crippen LogP contribution in [0, 0.1) is 5.92 Å². The van der Waals surface area contributed by atoms with Gasteiger partial charge in [-0.3, -0.25) is 9.59 Å². The number of likely N-dealkylation sites (N-methyl/N-ethyl adjacent to an activating group) is 1. The molecule has 0 fully saturated rings. The van der Waals surface area contributed by atoms with Crippen LogP contribution in [0.1, 0.15) is 30.6 Å². The molecule has 2 amide bonds. The van der Waals surface area contributed by atoms with Crippen molar-refractivity contribution in [3.05, 3.63) is 35.9 Å². The fourth-order valence-corrected chi connectivity index (χ4v) is 1.67. The summed E-state index contributed by atoms with van der Waals surface area (Å²) in [4.78, 5) is 23.8. The van der Waals surface area contributed by atoms with E-state index < -0.39 is 6.04 Å². The van der Waals surface area contributed by atoms with Crippen molar-refractivity contribution in [3.63, 3.8) is 0 Å². The summed E-state index contributed by atoms with van der Waals surface area (Å²) < 4.78 is 0. The van der Waals surface area contributed by atoms with E-state index in [4.69, 9.17) is 0 Å². The van der Waals surface area contributed by atoms with Crippen molar-refractivity contribution in [1.82, 2.24) is 10.6 Å². The molecule has 0 aliphatic rings. The first kappa shape index (κ1) is 14.2. The molecule has 2 N–H and O–H groups in total. The summed E-state index contributed by atoms with van der Waals surface area (Å²) in [6, 6.07) is 8.41. The largest absolute Gasteiger partial charge is 0.357 e. The molecule has 1 rings (SSSR count). The van der Waals surface area contributed by atoms with Gasteiger partial charge >= 0.3 is 0 Å². The van der Waals surface area contributed by atoms with Crippen LogP contribution in [0.3, 0.4) is 0 Å². The van der Waals surface area contributed by atoms with Crippen molar-refractivity contribution >= 4 is 11.8 Å². The van der Waals surface area contributed by atoms with Gasteiger partial charge in [-0.15, -0.1) is 0 Å². The van der Waals surface area contributed by atoms with Crippen LogP contribution in [-0.2, 0) is 4.79 Å². The van der Waals surface area contributed by atoms with Crippen LogP contribution in [0.4, 0.5) is 0 Å². The molecule has 0 saturated heterocycles. The molecule has 2 unspecified atom stereocenters. The Morgan fingerprint density at radius 2 is 1.83 bits per heavy atom. The molecule has 0 bridgehead atoms. The topological polar surface area (TPSA) is 58.2 Å². The second-order valence-corrected chi connectivity index (χ2v) is 4.32. The van der Waals surface area contributed by atoms with Crippen molar-refractivity contribution in [2.75, 3.05) is 7.05 Å². The molecule has 0 aliphatic heterocycles. The van der Waals surface area contributed by atoms with E-state index in [-0.39, 0.29) is 17.7 Å². The van der Waals surface area contributed by atoms with Crippen molar-refractivity contribution in [2.45, 2.75) is 26.3 Å². The Bertz CT molecular complexity index is 404. The number of carbonyl (C=O) groups excluding carboxylic acids is 2. The SMILES string of the molecule is CCC(C)C(NC(=O)c1ccccc1)C(=O)NC. The number of amides is 2. The van der Waals surface area contributed by atoms with Crippen LogP contribution >= 0.6 is 0 Å². The lowest BCUT2D eigenvalue weighted by atomic mass is 9.98. The minimum Gasteiger partial charge on any atom is -0.357 e. The molecule has 0 heterocycles. The molecule has 0 saturated carbocycles. The maximum atomic E-state index is 12.0. The van der Waals surface area contributed by atoms with E-state index in [0.717, 1.165) is 6.42 Å². The lowest BCUT2D eigenvalue weighted by Crippen LogP contribution is -2.49. The van der Waals surface area contributed by atoms with E-state index in [0.29, 0.717) is 5.56 Å². The molecule has 0 radical (unpaired) electrons. The first-order valence-corrected chi connectivity index (χ1v) is 6.17. The number of nitrogens with one attached hydrogen (secondary N) is 2. The third-order valence-electron chi connectivity index (χ3n) is 3.06. The lowest BCUT2D eigenvalue weighted by Gasteiger charge is -2.22. The van der Waals surface area contributed by atoms with Gasteiger partial charge in [0.05, 0.1) is 0 Å². The quantitative estimate of drug-likeness (QED) is 0.831. The van der Waals surface area contributed by atoms with Crippen molar-refractivity contribution < 1.29 is 9.59 Å². The first-order chi connectivity index (χ1) is 8.60. The van der Waals surface area contributed by atoms with Gasteiger partial charge in [0, 0.05) is 12.6 Å². The van der Waals surface area contributed by atoms with Gasteiger partial charge in [0.2, 0.25) is 5.91 Å². The molecule has 4 heteroatoms. The van der Waals surface area contributed by atoms with Crippen LogP contribution < -0.4 is 10.6 Å². The summed E-state index contributed by atoms with van der Waals surface area (Å²) >= 11 is 0. The molecule has 1 aromatic carbocycles. The standard InChI is InChI=1S/C14H20N2O2/c1-4-10(2)12(14(18)15-3)16-13(17)11-8-6-5-7-9-11/h5-10,12H,4H2,1-3H3,(H,15,18)(H,16,17). The second-order valence-electron chi connectivity index (χ2n) is 4.32. The lowest BCUT2D eigenvalue weighted by molar-refractivity contribution is -0.123. The second kappa shape index (κ2) is 6.79. The Kier molecular flexibility index (Phi) is 5.36. The summed E-state index contributed by atoms with van der Waals surface area (Å²) in [6.07, 6.45) is 0.827. The van der Waals surface area contributed by atoms with Gasteiger partial charge in [-0.2, -0.15) is 0 Å². The van der Waals surface area contributed by atoms with Gasteiger partial charge in [0.15, 0.2) is 0 Å². The molecular weight excluding hydrogens is 228 g/mol. The van der Waals surface area contributed by atoms with Gasteiger partial charge in [-0.1, -0.05) is 38.5 Å². The third kappa shape index (κ3) is 3.58. The maximum Gasteiger partial charge on any atom is 0.251 e. The van der Waals surface area contributed by atoms with Crippen molar-refractivity contribution in [2.24, 2.45) is 5.92 Å². The summed E-state index contributed by atoms with van der Waals surface area (Å²) in [7, 11) is 1.58. The minimum atomic E-state index is -0.493. The van der Waals surface area contributed by atoms with Crippen LogP contribution in [0.2, 0.25) is 0 Å². The van der Waals surface area contributed by atoms with E-state index in [1.165, 1.54) is 0 Å². The van der Waals surface area contributed by atoms with Crippen molar-refractivity contribution in [3.8, 4) is 0 Å². The van der Waals surface area contributed by atoms with E-state index in [1.807, 2.05) is 19.9 Å². The van der Waals surface area contributed by atoms with Crippen LogP contribution in [-0.4, -0.2) is 24.9 Å². The van der Waals surface area contributed by atoms with E-state index in [1.54, 1.807) is 31.3 Å². The highest BCUT2D eigenvalue weighted by Crippen LogP contribution is 2.09. The first-order valence-electron chi connectivity index (χ1n) is 6.17. The summed E-state index contributed by atoms with van der Waals surface area (Å²) in [5.74, 6) is -0.282. The third-order valence-corrected chi connectivity index (χ3v) is 3.06. The number of hydrogen-bond acceptors (Lipinski definition) is 2. The Hall–Kier alpha value is -1.84. The molecule has 18 heavy (non-hydrogen) atoms. The number of carbonyl (C=O) groups is 2. The maximum absolute atomic E-state index is 12.0. The smallest absolute Gasteiger partial charge is 0.251 e. The minimum absolute atomic E-state index is 0.0950. The molecule has 0 aromatic heterocycles. The molecule has 98 valence electrons. The Morgan fingerprint density at radius 1 is 1.22 bits per heavy atom. The van der Waals surface area contributed by atoms with E-state index in [9.17, 15) is 9.59 Å². The van der Waals surface area contributed by atoms with Gasteiger partial charge in [-0.05, 0) is 18.1 Å². The predicted molar refractivity (Wildman–Crippen MR) is 71.2 cm³/mol. The molecule has 0 aliphatic carbocycles. The highest BCUT2D eigenvalue weighted by Gasteiger charge is 2.25. The molecule has 2 atom stereocenters. The van der Waals surface area contributed by atoms with Gasteiger partial charge in [0.1, 0.15) is 6.04 Å². The summed E-state index contributed by atoms with van der Waals surface area (Å²) in [5.41, 5.74) is 0.565. The normalized spacial score (nSPS) is 13.5. The Labute approximate surface area is 108 Å². The number of rotatable bonds is 5. The monoisotopic (exact) mass is 248 g/mol. The molecule has 1 aromatic rings. The summed E-state index contributed by atoms with van der Waals surface area (Å²) in [6.45, 7) is 3.94. The predicted octanol–water partition coefficient (Wildman–Crippen LogP) is 1.58. The fourth-order valence-electron chi connectivity index (χ4n) is 1.67. The average molecular weight is 248 g/mol. The van der Waals surface area contributed by atoms with Gasteiger partial charge in [0.25, 0.3) is 5.91 Å². The fraction of sp³-hybridized carbons (Fsp3) is 0.429. The zero-order valence-corrected chi connectivity index (χ0v) is 11.1. The molecule has 4 nitrogen and oxygen atoms in total. The number of hydrogen-bond donors (Lipinski definition) is 2. The Morgan fingerprint density at radius 3 is 2.33 bits per heavy atom. The van der Waals surface area contributed by atoms with Crippen molar-refractivity contribution in [1.29, 1.82) is 0 Å². The van der Waals surface area contributed by atoms with Crippen LogP contribution in [0.5, 0.6) is 0 Å². The zero-order chi connectivity index (χ0) is 13.5. The van der Waals surface area contributed by atoms with E-state index >= 15 is 0 Å². The highest BCUT2D eigenvalue weighted by molar-refractivity contribution is 5.97. The Balaban J connectivity index is 2.78. The van der Waals surface area contributed by atoms with Crippen LogP contribution in [0.15, 0.2) is 30.3 Å². The molecule has 0 spiro atoms.